The molecule has 2 aliphatic rings. The van der Waals surface area contributed by atoms with Crippen LogP contribution in [0.5, 0.6) is 0 Å². The van der Waals surface area contributed by atoms with Crippen molar-refractivity contribution >= 4 is 120 Å². The third kappa shape index (κ3) is 6.33. The summed E-state index contributed by atoms with van der Waals surface area (Å²) in [6.07, 6.45) is 0. The first-order valence-corrected chi connectivity index (χ1v) is 26.0. The summed E-state index contributed by atoms with van der Waals surface area (Å²) in [5.74, 6) is 0. The van der Waals surface area contributed by atoms with Crippen molar-refractivity contribution in [1.82, 2.24) is 0 Å². The zero-order valence-corrected chi connectivity index (χ0v) is 40.1. The van der Waals surface area contributed by atoms with E-state index < -0.39 is 0 Å². The number of hydrogen-bond donors (Lipinski definition) is 0. The van der Waals surface area contributed by atoms with Crippen LogP contribution in [0.3, 0.4) is 0 Å². The average Bonchev–Trinajstić information content (AvgIpc) is 4.01. The first kappa shape index (κ1) is 40.4. The molecule has 0 aliphatic carbocycles. The molecule has 13 aromatic rings. The van der Waals surface area contributed by atoms with Crippen molar-refractivity contribution in [1.29, 1.82) is 0 Å². The zero-order valence-electron chi connectivity index (χ0n) is 38.5. The molecule has 5 heteroatoms. The van der Waals surface area contributed by atoms with Crippen LogP contribution in [0.4, 0.5) is 34.1 Å². The molecule has 71 heavy (non-hydrogen) atoms. The maximum absolute atomic E-state index is 2.57. The Kier molecular flexibility index (Phi) is 9.13. The van der Waals surface area contributed by atoms with Crippen LogP contribution >= 0.6 is 22.7 Å². The Balaban J connectivity index is 0.996. The van der Waals surface area contributed by atoms with Crippen molar-refractivity contribution in [3.05, 3.63) is 249 Å². The molecule has 4 heterocycles. The van der Waals surface area contributed by atoms with Gasteiger partial charge in [0, 0.05) is 74.2 Å². The van der Waals surface area contributed by atoms with Gasteiger partial charge >= 0.3 is 0 Å². The second kappa shape index (κ2) is 16.0. The molecular formula is C66H41BN2S2. The Morgan fingerprint density at radius 1 is 0.254 bits per heavy atom. The fourth-order valence-electron chi connectivity index (χ4n) is 11.7. The number of fused-ring (bicyclic) bond motifs is 10. The molecule has 0 amide bonds. The van der Waals surface area contributed by atoms with Gasteiger partial charge in [0.05, 0.1) is 11.4 Å². The van der Waals surface area contributed by atoms with Gasteiger partial charge in [-0.15, -0.1) is 22.7 Å². The van der Waals surface area contributed by atoms with Crippen molar-refractivity contribution in [2.45, 2.75) is 0 Å². The van der Waals surface area contributed by atoms with E-state index in [0.29, 0.717) is 0 Å². The standard InChI is InChI=1S/C66H41BN2S2/c1-3-16-42(17-4-1)48-20-7-11-24-56(48)68-58-26-15-27-59-66(58)67(54-34-30-46(40-60(54)68)44-32-36-64-52(38-44)50-22-9-13-28-62(50)70-64)55-35-31-47(45-33-37-65-53(39-45)51-23-10-14-29-63(51)71-65)41-61(55)69(59)57-25-12-8-21-49(57)43-18-5-2-6-19-43/h1-41H. The summed E-state index contributed by atoms with van der Waals surface area (Å²) in [6.45, 7) is -0.0406. The molecule has 0 bridgehead atoms. The number of benzene rings is 11. The lowest BCUT2D eigenvalue weighted by atomic mass is 9.33. The van der Waals surface area contributed by atoms with E-state index in [1.165, 1.54) is 124 Å². The van der Waals surface area contributed by atoms with Crippen LogP contribution in [-0.4, -0.2) is 6.71 Å². The number of thiophene rings is 2. The molecule has 0 radical (unpaired) electrons. The zero-order chi connectivity index (χ0) is 46.6. The molecule has 15 rings (SSSR count). The highest BCUT2D eigenvalue weighted by molar-refractivity contribution is 7.26. The highest BCUT2D eigenvalue weighted by Gasteiger charge is 2.44. The normalized spacial score (nSPS) is 12.7. The quantitative estimate of drug-likeness (QED) is 0.153. The van der Waals surface area contributed by atoms with Crippen LogP contribution < -0.4 is 26.2 Å². The maximum atomic E-state index is 2.57. The second-order valence-electron chi connectivity index (χ2n) is 18.7. The fraction of sp³-hybridized carbons (Fsp3) is 0. The Hall–Kier alpha value is -8.48. The topological polar surface area (TPSA) is 6.48 Å². The summed E-state index contributed by atoms with van der Waals surface area (Å²) >= 11 is 3.74. The van der Waals surface area contributed by atoms with E-state index in [1.54, 1.807) is 0 Å². The molecule has 0 saturated carbocycles. The van der Waals surface area contributed by atoms with Crippen molar-refractivity contribution in [2.75, 3.05) is 9.80 Å². The average molecular weight is 937 g/mol. The van der Waals surface area contributed by atoms with E-state index in [0.717, 1.165) is 11.4 Å². The van der Waals surface area contributed by atoms with Crippen LogP contribution in [-0.2, 0) is 0 Å². The lowest BCUT2D eigenvalue weighted by molar-refractivity contribution is 1.25. The van der Waals surface area contributed by atoms with E-state index in [4.69, 9.17) is 0 Å². The molecule has 330 valence electrons. The Morgan fingerprint density at radius 3 is 1.13 bits per heavy atom. The summed E-state index contributed by atoms with van der Waals surface area (Å²) in [6, 6.07) is 92.8. The largest absolute Gasteiger partial charge is 0.311 e. The molecular weight excluding hydrogens is 896 g/mol. The summed E-state index contributed by atoms with van der Waals surface area (Å²) in [7, 11) is 0. The maximum Gasteiger partial charge on any atom is 0.252 e. The fourth-order valence-corrected chi connectivity index (χ4v) is 13.9. The number of anilines is 6. The van der Waals surface area contributed by atoms with Gasteiger partial charge in [0.2, 0.25) is 0 Å². The molecule has 11 aromatic carbocycles. The van der Waals surface area contributed by atoms with Gasteiger partial charge in [-0.3, -0.25) is 0 Å². The second-order valence-corrected chi connectivity index (χ2v) is 20.9. The molecule has 2 aromatic heterocycles. The van der Waals surface area contributed by atoms with E-state index in [9.17, 15) is 0 Å². The number of nitrogens with zero attached hydrogens (tertiary/aromatic N) is 2. The highest BCUT2D eigenvalue weighted by atomic mass is 32.1. The van der Waals surface area contributed by atoms with Crippen LogP contribution in [0.15, 0.2) is 249 Å². The third-order valence-corrected chi connectivity index (χ3v) is 17.2. The van der Waals surface area contributed by atoms with Gasteiger partial charge in [0.15, 0.2) is 0 Å². The lowest BCUT2D eigenvalue weighted by Crippen LogP contribution is -2.61. The van der Waals surface area contributed by atoms with Crippen molar-refractivity contribution in [3.8, 4) is 44.5 Å². The monoisotopic (exact) mass is 936 g/mol. The van der Waals surface area contributed by atoms with E-state index in [2.05, 4.69) is 259 Å². The molecule has 0 spiro atoms. The van der Waals surface area contributed by atoms with Gasteiger partial charge in [0.1, 0.15) is 0 Å². The summed E-state index contributed by atoms with van der Waals surface area (Å²) in [5, 5.41) is 5.24. The Morgan fingerprint density at radius 2 is 0.634 bits per heavy atom. The van der Waals surface area contributed by atoms with Crippen LogP contribution in [0, 0.1) is 0 Å². The van der Waals surface area contributed by atoms with Crippen molar-refractivity contribution in [3.63, 3.8) is 0 Å². The minimum absolute atomic E-state index is 0.0406. The van der Waals surface area contributed by atoms with E-state index >= 15 is 0 Å². The van der Waals surface area contributed by atoms with Gasteiger partial charge in [-0.05, 0) is 123 Å². The van der Waals surface area contributed by atoms with Gasteiger partial charge in [0.25, 0.3) is 6.71 Å². The summed E-state index contributed by atoms with van der Waals surface area (Å²) in [5.41, 5.74) is 20.5. The molecule has 2 aliphatic heterocycles. The predicted octanol–water partition coefficient (Wildman–Crippen LogP) is 17.2. The number of rotatable bonds is 6. The Bertz CT molecular complexity index is 4000. The molecule has 0 atom stereocenters. The smallest absolute Gasteiger partial charge is 0.252 e. The van der Waals surface area contributed by atoms with Gasteiger partial charge in [-0.1, -0.05) is 176 Å². The van der Waals surface area contributed by atoms with Gasteiger partial charge in [-0.2, -0.15) is 0 Å². The summed E-state index contributed by atoms with van der Waals surface area (Å²) in [4.78, 5) is 5.13. The van der Waals surface area contributed by atoms with Crippen LogP contribution in [0.1, 0.15) is 0 Å². The van der Waals surface area contributed by atoms with Crippen molar-refractivity contribution in [2.24, 2.45) is 0 Å². The number of hydrogen-bond acceptors (Lipinski definition) is 4. The van der Waals surface area contributed by atoms with Crippen LogP contribution in [0.25, 0.3) is 84.9 Å². The Labute approximate surface area is 420 Å². The predicted molar refractivity (Wildman–Crippen MR) is 308 cm³/mol. The molecule has 0 saturated heterocycles. The number of para-hydroxylation sites is 2. The van der Waals surface area contributed by atoms with Crippen molar-refractivity contribution < 1.29 is 0 Å². The SMILES string of the molecule is c1ccc(-c2ccccc2N2c3cc(-c4ccc5sc6ccccc6c5c4)ccc3B3c4ccc(-c5ccc6sc7ccccc7c6c5)cc4N(c4ccccc4-c4ccccc4)c4cccc2c43)cc1. The van der Waals surface area contributed by atoms with Crippen LogP contribution in [0.2, 0.25) is 0 Å². The minimum Gasteiger partial charge on any atom is -0.311 e. The molecule has 2 nitrogen and oxygen atoms in total. The highest BCUT2D eigenvalue weighted by Crippen LogP contribution is 2.49. The van der Waals surface area contributed by atoms with E-state index in [1.807, 2.05) is 22.7 Å². The summed E-state index contributed by atoms with van der Waals surface area (Å²) < 4.78 is 5.27. The molecule has 0 fully saturated rings. The van der Waals surface area contributed by atoms with Gasteiger partial charge in [-0.25, -0.2) is 0 Å². The first-order valence-electron chi connectivity index (χ1n) is 24.4. The lowest BCUT2D eigenvalue weighted by Gasteiger charge is -2.45. The molecule has 0 unspecified atom stereocenters. The molecule has 0 N–H and O–H groups in total. The first-order chi connectivity index (χ1) is 35.2. The third-order valence-electron chi connectivity index (χ3n) is 14.9. The van der Waals surface area contributed by atoms with E-state index in [-0.39, 0.29) is 6.71 Å². The van der Waals surface area contributed by atoms with Gasteiger partial charge < -0.3 is 9.80 Å². The minimum atomic E-state index is -0.0406.